The Labute approximate surface area is 278 Å². The third kappa shape index (κ3) is 9.07. The third-order valence-electron chi connectivity index (χ3n) is 8.59. The number of anilines is 1. The molecule has 2 heterocycles. The van der Waals surface area contributed by atoms with Gasteiger partial charge in [-0.2, -0.15) is 4.98 Å². The Hall–Kier alpha value is -4.49. The summed E-state index contributed by atoms with van der Waals surface area (Å²) in [6, 6.07) is 21.4. The van der Waals surface area contributed by atoms with Crippen LogP contribution in [0.1, 0.15) is 37.3 Å². The number of nitrogens with one attached hydrogen (secondary N) is 1. The molecule has 0 atom stereocenters. The number of hydrogen-bond acceptors (Lipinski definition) is 7. The molecule has 0 bridgehead atoms. The molecule has 1 aliphatic heterocycles. The second-order valence-electron chi connectivity index (χ2n) is 12.8. The van der Waals surface area contributed by atoms with Gasteiger partial charge in [0.25, 0.3) is 0 Å². The van der Waals surface area contributed by atoms with Gasteiger partial charge < -0.3 is 19.9 Å². The van der Waals surface area contributed by atoms with Crippen LogP contribution in [0, 0.1) is 12.3 Å². The topological polar surface area (TPSA) is 82.9 Å². The molecule has 1 aliphatic rings. The summed E-state index contributed by atoms with van der Waals surface area (Å²) in [6.07, 6.45) is 6.58. The zero-order chi connectivity index (χ0) is 33.3. The van der Waals surface area contributed by atoms with Gasteiger partial charge in [0.05, 0.1) is 24.3 Å². The molecule has 0 spiro atoms. The maximum atomic E-state index is 13.6. The molecule has 1 fully saturated rings. The average molecular weight is 635 g/mol. The van der Waals surface area contributed by atoms with Crippen molar-refractivity contribution in [2.45, 2.75) is 32.7 Å². The highest BCUT2D eigenvalue weighted by Crippen LogP contribution is 2.30. The first-order valence-corrected chi connectivity index (χ1v) is 16.4. The first-order chi connectivity index (χ1) is 22.7. The summed E-state index contributed by atoms with van der Waals surface area (Å²) in [4.78, 5) is 38.0. The lowest BCUT2D eigenvalue weighted by atomic mass is 9.99. The molecule has 5 rings (SSSR count). The average Bonchev–Trinajstić information content (AvgIpc) is 3.05. The van der Waals surface area contributed by atoms with E-state index < -0.39 is 0 Å². The van der Waals surface area contributed by atoms with E-state index in [9.17, 15) is 9.59 Å². The lowest BCUT2D eigenvalue weighted by molar-refractivity contribution is -0.117. The van der Waals surface area contributed by atoms with Crippen molar-refractivity contribution in [2.75, 3.05) is 71.8 Å². The van der Waals surface area contributed by atoms with Gasteiger partial charge in [0.15, 0.2) is 0 Å². The number of benzene rings is 3. The molecule has 1 aromatic heterocycles. The van der Waals surface area contributed by atoms with Crippen molar-refractivity contribution in [3.8, 4) is 29.4 Å². The van der Waals surface area contributed by atoms with Crippen molar-refractivity contribution < 1.29 is 9.53 Å². The van der Waals surface area contributed by atoms with Crippen LogP contribution < -0.4 is 15.7 Å². The van der Waals surface area contributed by atoms with Crippen molar-refractivity contribution in [2.24, 2.45) is 0 Å². The lowest BCUT2D eigenvalue weighted by Gasteiger charge is -2.34. The molecule has 246 valence electrons. The Bertz CT molecular complexity index is 1770. The molecule has 1 amide bonds. The van der Waals surface area contributed by atoms with E-state index >= 15 is 0 Å². The predicted molar refractivity (Wildman–Crippen MR) is 190 cm³/mol. The highest BCUT2D eigenvalue weighted by atomic mass is 16.5. The molecular weight excluding hydrogens is 588 g/mol. The number of piperazine rings is 1. The van der Waals surface area contributed by atoms with Gasteiger partial charge in [0, 0.05) is 42.8 Å². The molecule has 1 saturated heterocycles. The second-order valence-corrected chi connectivity index (χ2v) is 12.8. The molecular formula is C38H46N6O3. The summed E-state index contributed by atoms with van der Waals surface area (Å²) >= 11 is 0. The maximum Gasteiger partial charge on any atom is 0.348 e. The molecule has 0 unspecified atom stereocenters. The van der Waals surface area contributed by atoms with Crippen molar-refractivity contribution in [3.63, 3.8) is 0 Å². The molecule has 0 radical (unpaired) electrons. The number of hydrogen-bond donors (Lipinski definition) is 1. The molecule has 4 aromatic rings. The van der Waals surface area contributed by atoms with Crippen molar-refractivity contribution in [3.05, 3.63) is 88.3 Å². The molecule has 0 saturated carbocycles. The van der Waals surface area contributed by atoms with Gasteiger partial charge in [-0.05, 0) is 81.0 Å². The molecule has 9 nitrogen and oxygen atoms in total. The number of ether oxygens (including phenoxy) is 1. The molecule has 0 aliphatic carbocycles. The summed E-state index contributed by atoms with van der Waals surface area (Å²) in [6.45, 7) is 11.0. The second kappa shape index (κ2) is 15.9. The van der Waals surface area contributed by atoms with Crippen LogP contribution in [0.15, 0.2) is 71.5 Å². The maximum absolute atomic E-state index is 13.6. The number of rotatable bonds is 13. The summed E-state index contributed by atoms with van der Waals surface area (Å²) in [5, 5.41) is 3.85. The monoisotopic (exact) mass is 634 g/mol. The van der Waals surface area contributed by atoms with Gasteiger partial charge in [-0.25, -0.2) is 4.79 Å². The first-order valence-electron chi connectivity index (χ1n) is 16.4. The van der Waals surface area contributed by atoms with Crippen LogP contribution in [0.2, 0.25) is 0 Å². The van der Waals surface area contributed by atoms with Gasteiger partial charge in [0.2, 0.25) is 5.91 Å². The largest absolute Gasteiger partial charge is 0.481 e. The fourth-order valence-electron chi connectivity index (χ4n) is 5.99. The van der Waals surface area contributed by atoms with E-state index in [0.717, 1.165) is 67.7 Å². The number of aromatic nitrogens is 2. The van der Waals surface area contributed by atoms with Gasteiger partial charge in [-0.15, -0.1) is 6.42 Å². The van der Waals surface area contributed by atoms with E-state index in [1.165, 1.54) is 5.56 Å². The lowest BCUT2D eigenvalue weighted by Crippen LogP contribution is -2.49. The predicted octanol–water partition coefficient (Wildman–Crippen LogP) is 4.76. The number of terminal acetylenes is 1. The van der Waals surface area contributed by atoms with Crippen molar-refractivity contribution >= 4 is 22.5 Å². The number of carbonyl (C=O) groups excluding carboxylic acids is 1. The molecule has 9 heteroatoms. The molecule has 1 N–H and O–H groups in total. The fourth-order valence-corrected chi connectivity index (χ4v) is 5.99. The number of fused-ring (bicyclic) bond motifs is 1. The Morgan fingerprint density at radius 3 is 2.47 bits per heavy atom. The van der Waals surface area contributed by atoms with Crippen LogP contribution in [0.25, 0.3) is 22.2 Å². The smallest absolute Gasteiger partial charge is 0.348 e. The Morgan fingerprint density at radius 1 is 1.02 bits per heavy atom. The van der Waals surface area contributed by atoms with Gasteiger partial charge in [0.1, 0.15) is 12.4 Å². The van der Waals surface area contributed by atoms with Crippen LogP contribution >= 0.6 is 0 Å². The first kappa shape index (κ1) is 33.9. The van der Waals surface area contributed by atoms with Crippen LogP contribution in [0.3, 0.4) is 0 Å². The van der Waals surface area contributed by atoms with Crippen LogP contribution in [0.5, 0.6) is 5.75 Å². The zero-order valence-electron chi connectivity index (χ0n) is 28.0. The van der Waals surface area contributed by atoms with Crippen LogP contribution in [-0.4, -0.2) is 96.7 Å². The minimum Gasteiger partial charge on any atom is -0.481 e. The van der Waals surface area contributed by atoms with E-state index in [2.05, 4.69) is 71.0 Å². The van der Waals surface area contributed by atoms with Gasteiger partial charge >= 0.3 is 5.69 Å². The Kier molecular flexibility index (Phi) is 11.4. The zero-order valence-corrected chi connectivity index (χ0v) is 28.0. The summed E-state index contributed by atoms with van der Waals surface area (Å²) < 4.78 is 7.39. The number of carbonyl (C=O) groups is 1. The van der Waals surface area contributed by atoms with E-state index in [4.69, 9.17) is 11.2 Å². The van der Waals surface area contributed by atoms with E-state index in [-0.39, 0.29) is 18.2 Å². The summed E-state index contributed by atoms with van der Waals surface area (Å²) in [7, 11) is 4.20. The number of nitrogens with zero attached hydrogens (tertiary/aromatic N) is 5. The van der Waals surface area contributed by atoms with E-state index in [1.54, 1.807) is 4.57 Å². The minimum absolute atomic E-state index is 0.0418. The Morgan fingerprint density at radius 2 is 1.77 bits per heavy atom. The van der Waals surface area contributed by atoms with Crippen molar-refractivity contribution in [1.29, 1.82) is 0 Å². The quantitative estimate of drug-likeness (QED) is 0.213. The van der Waals surface area contributed by atoms with Crippen molar-refractivity contribution in [1.82, 2.24) is 24.3 Å². The van der Waals surface area contributed by atoms with Crippen LogP contribution in [-0.2, 0) is 11.3 Å². The standard InChI is InChI=1S/C38H46N6O3/c1-6-23-47-33-15-16-35-34(25-33)37(31-13-11-30(12-14-31)28(2)3)40-38(46)44(35)26-29-9-7-10-32(24-29)39-36(45)27-43-21-19-42(20-22-43)18-8-17-41(4)5/h1,7,9-16,24-25,28H,8,17-23,26-27H2,2-5H3,(H,39,45). The van der Waals surface area contributed by atoms with E-state index in [0.29, 0.717) is 36.1 Å². The normalized spacial score (nSPS) is 14.1. The summed E-state index contributed by atoms with van der Waals surface area (Å²) in [5.41, 5.74) is 4.62. The minimum atomic E-state index is -0.354. The van der Waals surface area contributed by atoms with E-state index in [1.807, 2.05) is 54.6 Å². The van der Waals surface area contributed by atoms with Gasteiger partial charge in [-0.3, -0.25) is 14.3 Å². The highest BCUT2D eigenvalue weighted by molar-refractivity contribution is 5.94. The van der Waals surface area contributed by atoms with Crippen LogP contribution in [0.4, 0.5) is 5.69 Å². The Balaban J connectivity index is 1.31. The fraction of sp³-hybridized carbons (Fsp3) is 0.395. The highest BCUT2D eigenvalue weighted by Gasteiger charge is 2.19. The SMILES string of the molecule is C#CCOc1ccc2c(c1)c(-c1ccc(C(C)C)cc1)nc(=O)n2Cc1cccc(NC(=O)CN2CCN(CCCN(C)C)CC2)c1. The van der Waals surface area contributed by atoms with Gasteiger partial charge in [-0.1, -0.05) is 56.2 Å². The number of amides is 1. The third-order valence-corrected chi connectivity index (χ3v) is 8.59. The molecule has 3 aromatic carbocycles. The summed E-state index contributed by atoms with van der Waals surface area (Å²) in [5.74, 6) is 3.47. The molecule has 47 heavy (non-hydrogen) atoms.